The molecule has 2 heterocycles. The molecule has 0 unspecified atom stereocenters. The summed E-state index contributed by atoms with van der Waals surface area (Å²) >= 11 is 1.34. The molecule has 3 aromatic carbocycles. The van der Waals surface area contributed by atoms with Crippen LogP contribution in [0, 0.1) is 0 Å². The highest BCUT2D eigenvalue weighted by Crippen LogP contribution is 2.37. The third-order valence-electron chi connectivity index (χ3n) is 5.94. The maximum Gasteiger partial charge on any atom is 0.341 e. The number of esters is 1. The molecule has 8 heteroatoms. The lowest BCUT2D eigenvalue weighted by Gasteiger charge is -2.13. The number of methoxy groups -OCH3 is 2. The summed E-state index contributed by atoms with van der Waals surface area (Å²) in [6.07, 6.45) is 0. The monoisotopic (exact) mass is 512 g/mol. The topological polar surface area (TPSA) is 86.8 Å². The highest BCUT2D eigenvalue weighted by Gasteiger charge is 2.23. The average molecular weight is 513 g/mol. The Bertz CT molecular complexity index is 1640. The molecular formula is C29H24N2O5S. The molecule has 0 aliphatic carbocycles. The molecule has 0 aliphatic heterocycles. The van der Waals surface area contributed by atoms with Crippen molar-refractivity contribution in [3.8, 4) is 22.8 Å². The van der Waals surface area contributed by atoms with Crippen LogP contribution < -0.4 is 14.8 Å². The van der Waals surface area contributed by atoms with E-state index in [1.165, 1.54) is 11.3 Å². The van der Waals surface area contributed by atoms with Gasteiger partial charge in [0.15, 0.2) is 11.5 Å². The van der Waals surface area contributed by atoms with Crippen LogP contribution in [0.3, 0.4) is 0 Å². The van der Waals surface area contributed by atoms with E-state index in [-0.39, 0.29) is 12.5 Å². The highest BCUT2D eigenvalue weighted by atomic mass is 32.1. The molecule has 0 radical (unpaired) electrons. The number of rotatable bonds is 7. The van der Waals surface area contributed by atoms with Crippen molar-refractivity contribution in [3.63, 3.8) is 0 Å². The van der Waals surface area contributed by atoms with Crippen molar-refractivity contribution >= 4 is 49.2 Å². The molecule has 0 aliphatic rings. The van der Waals surface area contributed by atoms with Gasteiger partial charge in [-0.25, -0.2) is 9.78 Å². The standard InChI is InChI=1S/C29H24N2O5S/c1-4-36-29(33)26-19-10-6-8-12-25(19)37-28(26)31-27(32)20-16-22(30-21-11-7-5-9-18(20)21)17-13-14-23(34-2)24(15-17)35-3/h5-16H,4H2,1-3H3,(H,31,32). The van der Waals surface area contributed by atoms with Gasteiger partial charge in [-0.3, -0.25) is 4.79 Å². The van der Waals surface area contributed by atoms with E-state index >= 15 is 0 Å². The predicted octanol–water partition coefficient (Wildman–Crippen LogP) is 6.56. The van der Waals surface area contributed by atoms with Crippen LogP contribution in [0.2, 0.25) is 0 Å². The van der Waals surface area contributed by atoms with Crippen LogP contribution in [0.15, 0.2) is 72.8 Å². The lowest BCUT2D eigenvalue weighted by molar-refractivity contribution is 0.0530. The SMILES string of the molecule is CCOC(=O)c1c(NC(=O)c2cc(-c3ccc(OC)c(OC)c3)nc3ccccc23)sc2ccccc12. The zero-order valence-electron chi connectivity index (χ0n) is 20.5. The number of benzene rings is 3. The fourth-order valence-corrected chi connectivity index (χ4v) is 5.30. The number of nitrogens with one attached hydrogen (secondary N) is 1. The first-order valence-electron chi connectivity index (χ1n) is 11.7. The van der Waals surface area contributed by atoms with E-state index in [1.54, 1.807) is 33.3 Å². The number of pyridine rings is 1. The molecule has 1 amide bonds. The van der Waals surface area contributed by atoms with E-state index in [1.807, 2.05) is 60.7 Å². The minimum absolute atomic E-state index is 0.236. The Kier molecular flexibility index (Phi) is 6.74. The lowest BCUT2D eigenvalue weighted by Crippen LogP contribution is -2.15. The number of fused-ring (bicyclic) bond motifs is 2. The van der Waals surface area contributed by atoms with Gasteiger partial charge in [0.1, 0.15) is 10.6 Å². The number of carbonyl (C=O) groups is 2. The number of thiophene rings is 1. The molecular weight excluding hydrogens is 488 g/mol. The van der Waals surface area contributed by atoms with Crippen LogP contribution in [0.1, 0.15) is 27.6 Å². The summed E-state index contributed by atoms with van der Waals surface area (Å²) in [7, 11) is 3.15. The van der Waals surface area contributed by atoms with Crippen molar-refractivity contribution in [1.82, 2.24) is 4.98 Å². The average Bonchev–Trinajstić information content (AvgIpc) is 3.29. The van der Waals surface area contributed by atoms with E-state index in [9.17, 15) is 9.59 Å². The van der Waals surface area contributed by atoms with Crippen LogP contribution in [0.5, 0.6) is 11.5 Å². The number of nitrogens with zero attached hydrogens (tertiary/aromatic N) is 1. The second-order valence-corrected chi connectivity index (χ2v) is 9.17. The molecule has 0 bridgehead atoms. The fourth-order valence-electron chi connectivity index (χ4n) is 4.22. The van der Waals surface area contributed by atoms with Crippen LogP contribution in [-0.4, -0.2) is 37.7 Å². The molecule has 7 nitrogen and oxygen atoms in total. The summed E-state index contributed by atoms with van der Waals surface area (Å²) in [5.41, 5.74) is 2.83. The number of hydrogen-bond acceptors (Lipinski definition) is 7. The summed E-state index contributed by atoms with van der Waals surface area (Å²) in [5, 5.41) is 4.86. The second-order valence-electron chi connectivity index (χ2n) is 8.12. The molecule has 0 saturated carbocycles. The summed E-state index contributed by atoms with van der Waals surface area (Å²) in [5.74, 6) is 0.338. The lowest BCUT2D eigenvalue weighted by atomic mass is 10.0. The van der Waals surface area contributed by atoms with E-state index < -0.39 is 5.97 Å². The normalized spacial score (nSPS) is 10.9. The van der Waals surface area contributed by atoms with Crippen molar-refractivity contribution in [1.29, 1.82) is 0 Å². The number of amides is 1. The number of hydrogen-bond donors (Lipinski definition) is 1. The zero-order chi connectivity index (χ0) is 25.9. The third kappa shape index (κ3) is 4.59. The van der Waals surface area contributed by atoms with Gasteiger partial charge in [-0.2, -0.15) is 0 Å². The smallest absolute Gasteiger partial charge is 0.341 e. The Hall–Kier alpha value is -4.43. The predicted molar refractivity (Wildman–Crippen MR) is 146 cm³/mol. The largest absolute Gasteiger partial charge is 0.493 e. The van der Waals surface area contributed by atoms with Gasteiger partial charge in [-0.05, 0) is 43.3 Å². The quantitative estimate of drug-likeness (QED) is 0.249. The molecule has 0 atom stereocenters. The van der Waals surface area contributed by atoms with E-state index in [0.29, 0.717) is 44.2 Å². The maximum absolute atomic E-state index is 13.7. The van der Waals surface area contributed by atoms with Gasteiger partial charge in [0.05, 0.1) is 37.6 Å². The molecule has 37 heavy (non-hydrogen) atoms. The van der Waals surface area contributed by atoms with Crippen molar-refractivity contribution in [2.45, 2.75) is 6.92 Å². The van der Waals surface area contributed by atoms with Crippen molar-refractivity contribution < 1.29 is 23.8 Å². The van der Waals surface area contributed by atoms with Crippen LogP contribution >= 0.6 is 11.3 Å². The third-order valence-corrected chi connectivity index (χ3v) is 7.03. The van der Waals surface area contributed by atoms with Crippen LogP contribution in [0.25, 0.3) is 32.2 Å². The summed E-state index contributed by atoms with van der Waals surface area (Å²) in [6.45, 7) is 1.99. The number of ether oxygens (including phenoxy) is 3. The first-order valence-corrected chi connectivity index (χ1v) is 12.5. The number of anilines is 1. The van der Waals surface area contributed by atoms with E-state index in [2.05, 4.69) is 5.32 Å². The first kappa shape index (κ1) is 24.3. The molecule has 5 aromatic rings. The molecule has 5 rings (SSSR count). The van der Waals surface area contributed by atoms with Crippen LogP contribution in [0.4, 0.5) is 5.00 Å². The van der Waals surface area contributed by atoms with Gasteiger partial charge >= 0.3 is 5.97 Å². The Morgan fingerprint density at radius 3 is 2.38 bits per heavy atom. The van der Waals surface area contributed by atoms with Gasteiger partial charge in [0.25, 0.3) is 5.91 Å². The van der Waals surface area contributed by atoms with Crippen molar-refractivity contribution in [2.24, 2.45) is 0 Å². The summed E-state index contributed by atoms with van der Waals surface area (Å²) in [4.78, 5) is 31.3. The Labute approximate surface area is 217 Å². The van der Waals surface area contributed by atoms with E-state index in [0.717, 1.165) is 15.6 Å². The fraction of sp³-hybridized carbons (Fsp3) is 0.138. The van der Waals surface area contributed by atoms with Gasteiger partial charge < -0.3 is 19.5 Å². The molecule has 0 spiro atoms. The Morgan fingerprint density at radius 1 is 0.892 bits per heavy atom. The molecule has 2 aromatic heterocycles. The number of aromatic nitrogens is 1. The summed E-state index contributed by atoms with van der Waals surface area (Å²) in [6, 6.07) is 22.2. The number of para-hydroxylation sites is 1. The van der Waals surface area contributed by atoms with Gasteiger partial charge in [-0.1, -0.05) is 36.4 Å². The van der Waals surface area contributed by atoms with E-state index in [4.69, 9.17) is 19.2 Å². The Balaban J connectivity index is 1.61. The number of carbonyl (C=O) groups excluding carboxylic acids is 2. The Morgan fingerprint density at radius 2 is 1.62 bits per heavy atom. The maximum atomic E-state index is 13.7. The molecule has 186 valence electrons. The molecule has 1 N–H and O–H groups in total. The van der Waals surface area contributed by atoms with Crippen molar-refractivity contribution in [3.05, 3.63) is 83.9 Å². The van der Waals surface area contributed by atoms with Gasteiger partial charge in [0.2, 0.25) is 0 Å². The second kappa shape index (κ2) is 10.3. The zero-order valence-corrected chi connectivity index (χ0v) is 21.3. The highest BCUT2D eigenvalue weighted by molar-refractivity contribution is 7.23. The van der Waals surface area contributed by atoms with Gasteiger partial charge in [0, 0.05) is 21.0 Å². The van der Waals surface area contributed by atoms with Gasteiger partial charge in [-0.15, -0.1) is 11.3 Å². The molecule has 0 fully saturated rings. The minimum Gasteiger partial charge on any atom is -0.493 e. The van der Waals surface area contributed by atoms with Crippen LogP contribution in [-0.2, 0) is 4.74 Å². The summed E-state index contributed by atoms with van der Waals surface area (Å²) < 4.78 is 17.0. The first-order chi connectivity index (χ1) is 18.0. The molecule has 0 saturated heterocycles. The van der Waals surface area contributed by atoms with Crippen molar-refractivity contribution in [2.75, 3.05) is 26.1 Å². The minimum atomic E-state index is -0.471.